The summed E-state index contributed by atoms with van der Waals surface area (Å²) < 4.78 is 12.1. The molecule has 1 N–H and O–H groups in total. The Kier molecular flexibility index (Phi) is 7.05. The fourth-order valence-corrected chi connectivity index (χ4v) is 3.52. The van der Waals surface area contributed by atoms with Gasteiger partial charge in [-0.05, 0) is 19.3 Å². The van der Waals surface area contributed by atoms with E-state index in [0.29, 0.717) is 51.8 Å². The normalized spacial score (nSPS) is 20.6. The molecule has 0 saturated carbocycles. The van der Waals surface area contributed by atoms with Crippen LogP contribution in [-0.2, 0) is 20.8 Å². The van der Waals surface area contributed by atoms with Gasteiger partial charge in [-0.2, -0.15) is 5.10 Å². The number of urea groups is 1. The van der Waals surface area contributed by atoms with Crippen molar-refractivity contribution in [2.45, 2.75) is 25.8 Å². The van der Waals surface area contributed by atoms with E-state index >= 15 is 0 Å². The number of aromatic nitrogens is 2. The second-order valence-electron chi connectivity index (χ2n) is 6.96. The van der Waals surface area contributed by atoms with Crippen molar-refractivity contribution in [3.63, 3.8) is 0 Å². The molecule has 0 bridgehead atoms. The summed E-state index contributed by atoms with van der Waals surface area (Å²) in [5.74, 6) is 0.534. The number of carbonyl (C=O) groups excluding carboxylic acids is 2. The van der Waals surface area contributed by atoms with Crippen LogP contribution in [0.15, 0.2) is 12.3 Å². The first-order valence-electron chi connectivity index (χ1n) is 9.62. The van der Waals surface area contributed by atoms with Crippen LogP contribution in [0, 0.1) is 5.92 Å². The third-order valence-electron chi connectivity index (χ3n) is 4.99. The van der Waals surface area contributed by atoms with E-state index in [2.05, 4.69) is 10.4 Å². The van der Waals surface area contributed by atoms with E-state index in [0.717, 1.165) is 25.8 Å². The highest BCUT2D eigenvalue weighted by Crippen LogP contribution is 2.20. The largest absolute Gasteiger partial charge is 0.385 e. The van der Waals surface area contributed by atoms with Gasteiger partial charge >= 0.3 is 6.03 Å². The van der Waals surface area contributed by atoms with Crippen LogP contribution in [-0.4, -0.2) is 84.6 Å². The van der Waals surface area contributed by atoms with Crippen molar-refractivity contribution in [3.05, 3.63) is 12.3 Å². The number of methoxy groups -OCH3 is 1. The number of likely N-dealkylation sites (tertiary alicyclic amines) is 1. The predicted molar refractivity (Wildman–Crippen MR) is 99.4 cm³/mol. The van der Waals surface area contributed by atoms with Gasteiger partial charge in [-0.3, -0.25) is 14.8 Å². The summed E-state index contributed by atoms with van der Waals surface area (Å²) in [6, 6.07) is 1.59. The van der Waals surface area contributed by atoms with Gasteiger partial charge in [0, 0.05) is 58.7 Å². The molecule has 0 radical (unpaired) electrons. The maximum Gasteiger partial charge on any atom is 0.323 e. The molecule has 0 unspecified atom stereocenters. The lowest BCUT2D eigenvalue weighted by Gasteiger charge is -2.36. The number of nitrogens with one attached hydrogen (secondary N) is 1. The van der Waals surface area contributed by atoms with E-state index in [9.17, 15) is 9.59 Å². The number of anilines is 1. The van der Waals surface area contributed by atoms with Crippen molar-refractivity contribution in [2.75, 3.05) is 58.4 Å². The molecule has 9 heteroatoms. The summed E-state index contributed by atoms with van der Waals surface area (Å²) in [6.45, 7) is 5.00. The molecular formula is C18H29N5O4. The summed E-state index contributed by atoms with van der Waals surface area (Å²) >= 11 is 0. The number of ether oxygens (including phenoxy) is 2. The molecule has 3 heterocycles. The second-order valence-corrected chi connectivity index (χ2v) is 6.96. The zero-order valence-corrected chi connectivity index (χ0v) is 15.9. The van der Waals surface area contributed by atoms with Crippen LogP contribution < -0.4 is 5.32 Å². The first-order chi connectivity index (χ1) is 13.2. The number of carbonyl (C=O) groups is 2. The van der Waals surface area contributed by atoms with Gasteiger partial charge in [-0.25, -0.2) is 4.79 Å². The van der Waals surface area contributed by atoms with Gasteiger partial charge in [0.05, 0.1) is 19.1 Å². The molecule has 9 nitrogen and oxygen atoms in total. The molecule has 3 amide bonds. The molecule has 27 heavy (non-hydrogen) atoms. The van der Waals surface area contributed by atoms with Gasteiger partial charge in [-0.15, -0.1) is 0 Å². The number of rotatable bonds is 6. The Morgan fingerprint density at radius 3 is 2.89 bits per heavy atom. The second kappa shape index (κ2) is 9.70. The van der Waals surface area contributed by atoms with Gasteiger partial charge in [0.2, 0.25) is 5.91 Å². The Hall–Kier alpha value is -2.13. The highest BCUT2D eigenvalue weighted by atomic mass is 16.5. The van der Waals surface area contributed by atoms with E-state index < -0.39 is 0 Å². The van der Waals surface area contributed by atoms with Crippen LogP contribution in [0.4, 0.5) is 10.6 Å². The van der Waals surface area contributed by atoms with Crippen LogP contribution in [0.3, 0.4) is 0 Å². The van der Waals surface area contributed by atoms with Crippen LogP contribution in [0.1, 0.15) is 19.3 Å². The molecule has 2 aliphatic heterocycles. The van der Waals surface area contributed by atoms with Crippen molar-refractivity contribution >= 4 is 17.8 Å². The molecule has 2 saturated heterocycles. The number of morpholine rings is 1. The van der Waals surface area contributed by atoms with Crippen LogP contribution in [0.2, 0.25) is 0 Å². The summed E-state index contributed by atoms with van der Waals surface area (Å²) in [4.78, 5) is 28.9. The van der Waals surface area contributed by atoms with Crippen molar-refractivity contribution in [1.29, 1.82) is 0 Å². The number of nitrogens with zero attached hydrogens (tertiary/aromatic N) is 4. The first kappa shape index (κ1) is 19.6. The molecule has 150 valence electrons. The smallest absolute Gasteiger partial charge is 0.323 e. The summed E-state index contributed by atoms with van der Waals surface area (Å²) in [5, 5.41) is 7.20. The average Bonchev–Trinajstić information content (AvgIpc) is 3.15. The zero-order chi connectivity index (χ0) is 19.1. The van der Waals surface area contributed by atoms with Crippen LogP contribution in [0.5, 0.6) is 0 Å². The summed E-state index contributed by atoms with van der Waals surface area (Å²) in [6.07, 6.45) is 4.36. The Bertz CT molecular complexity index is 629. The third kappa shape index (κ3) is 5.43. The molecule has 1 aromatic heterocycles. The molecule has 3 rings (SSSR count). The minimum atomic E-state index is -0.198. The predicted octanol–water partition coefficient (Wildman–Crippen LogP) is 1.02. The summed E-state index contributed by atoms with van der Waals surface area (Å²) in [7, 11) is 1.67. The van der Waals surface area contributed by atoms with E-state index in [1.807, 2.05) is 11.1 Å². The van der Waals surface area contributed by atoms with E-state index in [4.69, 9.17) is 9.47 Å². The van der Waals surface area contributed by atoms with E-state index in [-0.39, 0.29) is 17.9 Å². The lowest BCUT2D eigenvalue weighted by atomic mass is 9.96. The van der Waals surface area contributed by atoms with Crippen molar-refractivity contribution in [2.24, 2.45) is 5.92 Å². The molecule has 1 atom stereocenters. The lowest BCUT2D eigenvalue weighted by molar-refractivity contribution is -0.141. The number of piperidine rings is 1. The Morgan fingerprint density at radius 2 is 2.11 bits per heavy atom. The van der Waals surface area contributed by atoms with Gasteiger partial charge in [-0.1, -0.05) is 0 Å². The fraction of sp³-hybridized carbons (Fsp3) is 0.722. The number of hydrogen-bond acceptors (Lipinski definition) is 5. The van der Waals surface area contributed by atoms with E-state index in [1.165, 1.54) is 0 Å². The van der Waals surface area contributed by atoms with Crippen LogP contribution >= 0.6 is 0 Å². The molecular weight excluding hydrogens is 350 g/mol. The molecule has 0 aliphatic carbocycles. The first-order valence-corrected chi connectivity index (χ1v) is 9.62. The lowest BCUT2D eigenvalue weighted by Crippen LogP contribution is -2.50. The molecule has 2 aliphatic rings. The molecule has 2 fully saturated rings. The third-order valence-corrected chi connectivity index (χ3v) is 4.99. The van der Waals surface area contributed by atoms with Crippen molar-refractivity contribution in [1.82, 2.24) is 19.6 Å². The maximum atomic E-state index is 12.7. The highest BCUT2D eigenvalue weighted by molar-refractivity contribution is 5.89. The zero-order valence-electron chi connectivity index (χ0n) is 15.9. The van der Waals surface area contributed by atoms with Crippen molar-refractivity contribution in [3.8, 4) is 0 Å². The number of aryl methyl sites for hydroxylation is 1. The molecule has 1 aromatic rings. The Morgan fingerprint density at radius 1 is 1.30 bits per heavy atom. The molecule has 0 spiro atoms. The monoisotopic (exact) mass is 379 g/mol. The Labute approximate surface area is 159 Å². The minimum absolute atomic E-state index is 0.130. The maximum absolute atomic E-state index is 12.7. The topological polar surface area (TPSA) is 88.9 Å². The summed E-state index contributed by atoms with van der Waals surface area (Å²) in [5.41, 5.74) is 0. The van der Waals surface area contributed by atoms with Gasteiger partial charge in [0.1, 0.15) is 0 Å². The van der Waals surface area contributed by atoms with Crippen LogP contribution in [0.25, 0.3) is 0 Å². The quantitative estimate of drug-likeness (QED) is 0.746. The van der Waals surface area contributed by atoms with Gasteiger partial charge in [0.15, 0.2) is 5.82 Å². The SMILES string of the molecule is COCCCn1ccc(NC(=O)N2CCC[C@H](C(=O)N3CCOCC3)C2)n1. The average molecular weight is 379 g/mol. The molecule has 0 aromatic carbocycles. The minimum Gasteiger partial charge on any atom is -0.385 e. The van der Waals surface area contributed by atoms with E-state index in [1.54, 1.807) is 22.8 Å². The standard InChI is InChI=1S/C18H29N5O4/c1-26-11-3-7-23-8-5-16(20-23)19-18(25)22-6-2-4-15(14-22)17(24)21-9-12-27-13-10-21/h5,8,15H,2-4,6-7,9-14H2,1H3,(H,19,20,25)/t15-/m0/s1. The highest BCUT2D eigenvalue weighted by Gasteiger charge is 2.32. The van der Waals surface area contributed by atoms with Gasteiger partial charge in [0.25, 0.3) is 0 Å². The van der Waals surface area contributed by atoms with Gasteiger partial charge < -0.3 is 19.3 Å². The van der Waals surface area contributed by atoms with Crippen molar-refractivity contribution < 1.29 is 19.1 Å². The number of amides is 3. The Balaban J connectivity index is 1.50. The number of hydrogen-bond donors (Lipinski definition) is 1. The fourth-order valence-electron chi connectivity index (χ4n) is 3.52.